The summed E-state index contributed by atoms with van der Waals surface area (Å²) < 4.78 is 5.50. The van der Waals surface area contributed by atoms with Crippen LogP contribution in [0.5, 0.6) is 11.6 Å². The largest absolute Gasteiger partial charge is 0.439 e. The lowest BCUT2D eigenvalue weighted by Crippen LogP contribution is -1.96. The summed E-state index contributed by atoms with van der Waals surface area (Å²) in [5.74, 6) is 1.26. The van der Waals surface area contributed by atoms with Crippen LogP contribution in [0.25, 0.3) is 0 Å². The first kappa shape index (κ1) is 11.3. The summed E-state index contributed by atoms with van der Waals surface area (Å²) in [5, 5.41) is 8.79. The summed E-state index contributed by atoms with van der Waals surface area (Å²) in [4.78, 5) is 7.71. The Labute approximate surface area is 98.9 Å². The number of hydrogen-bond acceptors (Lipinski definition) is 5. The van der Waals surface area contributed by atoms with Gasteiger partial charge in [-0.3, -0.25) is 0 Å². The molecule has 0 unspecified atom stereocenters. The minimum atomic E-state index is 0.142. The van der Waals surface area contributed by atoms with Gasteiger partial charge in [-0.2, -0.15) is 4.98 Å². The van der Waals surface area contributed by atoms with E-state index in [0.717, 1.165) is 5.56 Å². The number of aliphatic hydroxyl groups is 1. The molecule has 88 valence electrons. The highest BCUT2D eigenvalue weighted by molar-refractivity contribution is 5.31. The number of aromatic nitrogens is 2. The Morgan fingerprint density at radius 1 is 1.18 bits per heavy atom. The number of ether oxygens (including phenoxy) is 1. The molecule has 0 aliphatic heterocycles. The van der Waals surface area contributed by atoms with Crippen LogP contribution < -0.4 is 10.5 Å². The lowest BCUT2D eigenvalue weighted by atomic mass is 10.1. The molecule has 5 heteroatoms. The number of hydrogen-bond donors (Lipinski definition) is 2. The Hall–Kier alpha value is -2.14. The van der Waals surface area contributed by atoms with Gasteiger partial charge in [-0.15, -0.1) is 0 Å². The average molecular weight is 231 g/mol. The molecule has 0 atom stereocenters. The normalized spacial score (nSPS) is 10.2. The molecule has 0 saturated heterocycles. The molecule has 1 heterocycles. The predicted octanol–water partition coefficient (Wildman–Crippen LogP) is 1.39. The Morgan fingerprint density at radius 2 is 1.94 bits per heavy atom. The van der Waals surface area contributed by atoms with Gasteiger partial charge < -0.3 is 15.6 Å². The molecule has 0 amide bonds. The predicted molar refractivity (Wildman–Crippen MR) is 63.8 cm³/mol. The zero-order valence-corrected chi connectivity index (χ0v) is 9.21. The van der Waals surface area contributed by atoms with Crippen LogP contribution >= 0.6 is 0 Å². The van der Waals surface area contributed by atoms with Crippen LogP contribution in [0.15, 0.2) is 36.5 Å². The first-order valence-corrected chi connectivity index (χ1v) is 5.24. The van der Waals surface area contributed by atoms with E-state index in [0.29, 0.717) is 18.1 Å². The monoisotopic (exact) mass is 231 g/mol. The lowest BCUT2D eigenvalue weighted by Gasteiger charge is -2.05. The van der Waals surface area contributed by atoms with Crippen LogP contribution in [0.2, 0.25) is 0 Å². The van der Waals surface area contributed by atoms with E-state index in [4.69, 9.17) is 15.6 Å². The minimum absolute atomic E-state index is 0.142. The molecular formula is C12H13N3O2. The van der Waals surface area contributed by atoms with Crippen LogP contribution in [0.3, 0.4) is 0 Å². The number of nitrogens with two attached hydrogens (primary N) is 1. The van der Waals surface area contributed by atoms with E-state index < -0.39 is 0 Å². The van der Waals surface area contributed by atoms with Gasteiger partial charge in [0.05, 0.1) is 0 Å². The third-order valence-corrected chi connectivity index (χ3v) is 2.19. The summed E-state index contributed by atoms with van der Waals surface area (Å²) in [5.41, 5.74) is 6.50. The highest BCUT2D eigenvalue weighted by Crippen LogP contribution is 2.19. The molecule has 1 aromatic heterocycles. The van der Waals surface area contributed by atoms with Gasteiger partial charge in [-0.1, -0.05) is 12.1 Å². The van der Waals surface area contributed by atoms with Crippen molar-refractivity contribution in [3.63, 3.8) is 0 Å². The molecule has 1 aromatic carbocycles. The van der Waals surface area contributed by atoms with Crippen LogP contribution in [0.1, 0.15) is 5.56 Å². The Morgan fingerprint density at radius 3 is 2.59 bits per heavy atom. The summed E-state index contributed by atoms with van der Waals surface area (Å²) in [6.45, 7) is 0.142. The highest BCUT2D eigenvalue weighted by atomic mass is 16.5. The molecule has 3 N–H and O–H groups in total. The molecule has 2 aromatic rings. The van der Waals surface area contributed by atoms with Crippen molar-refractivity contribution >= 4 is 5.95 Å². The second kappa shape index (κ2) is 5.27. The van der Waals surface area contributed by atoms with Crippen molar-refractivity contribution in [3.05, 3.63) is 42.1 Å². The fraction of sp³-hybridized carbons (Fsp3) is 0.167. The molecule has 0 aliphatic carbocycles. The molecule has 5 nitrogen and oxygen atoms in total. The first-order chi connectivity index (χ1) is 8.28. The third-order valence-electron chi connectivity index (χ3n) is 2.19. The number of benzene rings is 1. The van der Waals surface area contributed by atoms with Gasteiger partial charge in [-0.05, 0) is 24.1 Å². The molecular weight excluding hydrogens is 218 g/mol. The lowest BCUT2D eigenvalue weighted by molar-refractivity contribution is 0.299. The fourth-order valence-electron chi connectivity index (χ4n) is 1.39. The van der Waals surface area contributed by atoms with Crippen molar-refractivity contribution in [1.82, 2.24) is 9.97 Å². The molecule has 0 radical (unpaired) electrons. The molecule has 0 bridgehead atoms. The van der Waals surface area contributed by atoms with Gasteiger partial charge in [0.25, 0.3) is 0 Å². The van der Waals surface area contributed by atoms with Crippen LogP contribution in [-0.4, -0.2) is 21.7 Å². The molecule has 0 aliphatic rings. The maximum Gasteiger partial charge on any atom is 0.224 e. The summed E-state index contributed by atoms with van der Waals surface area (Å²) in [7, 11) is 0. The van der Waals surface area contributed by atoms with E-state index in [2.05, 4.69) is 9.97 Å². The summed E-state index contributed by atoms with van der Waals surface area (Å²) in [6.07, 6.45) is 2.18. The molecule has 17 heavy (non-hydrogen) atoms. The maximum absolute atomic E-state index is 8.79. The zero-order valence-electron chi connectivity index (χ0n) is 9.21. The van der Waals surface area contributed by atoms with E-state index in [1.165, 1.54) is 6.20 Å². The number of anilines is 1. The van der Waals surface area contributed by atoms with Crippen molar-refractivity contribution in [2.75, 3.05) is 12.3 Å². The first-order valence-electron chi connectivity index (χ1n) is 5.24. The maximum atomic E-state index is 8.79. The quantitative estimate of drug-likeness (QED) is 0.830. The number of aliphatic hydroxyl groups excluding tert-OH is 1. The number of rotatable bonds is 4. The van der Waals surface area contributed by atoms with Gasteiger partial charge in [0, 0.05) is 18.9 Å². The van der Waals surface area contributed by atoms with Crippen LogP contribution in [0.4, 0.5) is 5.95 Å². The average Bonchev–Trinajstić information content (AvgIpc) is 2.32. The number of nitrogens with zero attached hydrogens (tertiary/aromatic N) is 2. The highest BCUT2D eigenvalue weighted by Gasteiger charge is 2.00. The van der Waals surface area contributed by atoms with Gasteiger partial charge >= 0.3 is 0 Å². The third kappa shape index (κ3) is 3.15. The summed E-state index contributed by atoms with van der Waals surface area (Å²) >= 11 is 0. The fourth-order valence-corrected chi connectivity index (χ4v) is 1.39. The summed E-state index contributed by atoms with van der Waals surface area (Å²) in [6, 6.07) is 9.08. The second-order valence-corrected chi connectivity index (χ2v) is 3.47. The zero-order chi connectivity index (χ0) is 12.1. The topological polar surface area (TPSA) is 81.3 Å². The van der Waals surface area contributed by atoms with Gasteiger partial charge in [-0.25, -0.2) is 4.98 Å². The Kier molecular flexibility index (Phi) is 3.52. The standard InChI is InChI=1S/C12H13N3O2/c13-12-14-7-5-11(15-12)17-10-3-1-9(2-4-10)6-8-16/h1-5,7,16H,6,8H2,(H2,13,14,15). The van der Waals surface area contributed by atoms with Crippen molar-refractivity contribution < 1.29 is 9.84 Å². The minimum Gasteiger partial charge on any atom is -0.439 e. The second-order valence-electron chi connectivity index (χ2n) is 3.47. The van der Waals surface area contributed by atoms with Gasteiger partial charge in [0.15, 0.2) is 0 Å². The SMILES string of the molecule is Nc1nccc(Oc2ccc(CCO)cc2)n1. The van der Waals surface area contributed by atoms with Crippen molar-refractivity contribution in [3.8, 4) is 11.6 Å². The van der Waals surface area contributed by atoms with E-state index in [9.17, 15) is 0 Å². The van der Waals surface area contributed by atoms with E-state index in [1.807, 2.05) is 24.3 Å². The van der Waals surface area contributed by atoms with E-state index in [-0.39, 0.29) is 12.6 Å². The van der Waals surface area contributed by atoms with Crippen LogP contribution in [0, 0.1) is 0 Å². The molecule has 2 rings (SSSR count). The van der Waals surface area contributed by atoms with E-state index >= 15 is 0 Å². The van der Waals surface area contributed by atoms with Gasteiger partial charge in [0.1, 0.15) is 5.75 Å². The smallest absolute Gasteiger partial charge is 0.224 e. The van der Waals surface area contributed by atoms with Gasteiger partial charge in [0.2, 0.25) is 11.8 Å². The molecule has 0 spiro atoms. The Balaban J connectivity index is 2.08. The Bertz CT molecular complexity index is 485. The van der Waals surface area contributed by atoms with Crippen LogP contribution in [-0.2, 0) is 6.42 Å². The number of nitrogen functional groups attached to an aromatic ring is 1. The van der Waals surface area contributed by atoms with Crippen molar-refractivity contribution in [2.24, 2.45) is 0 Å². The molecule has 0 saturated carbocycles. The van der Waals surface area contributed by atoms with Crippen molar-refractivity contribution in [1.29, 1.82) is 0 Å². The van der Waals surface area contributed by atoms with Crippen molar-refractivity contribution in [2.45, 2.75) is 6.42 Å². The molecule has 0 fully saturated rings. The van der Waals surface area contributed by atoms with E-state index in [1.54, 1.807) is 6.07 Å².